The predicted molar refractivity (Wildman–Crippen MR) is 97.8 cm³/mol. The Bertz CT molecular complexity index is 822. The molecule has 0 unspecified atom stereocenters. The van der Waals surface area contributed by atoms with Crippen molar-refractivity contribution < 1.29 is 4.74 Å². The van der Waals surface area contributed by atoms with Crippen molar-refractivity contribution in [3.63, 3.8) is 0 Å². The SMILES string of the molecule is Cc1cccc(OCCn2cncc2-c2cn(C)nc2C)c1C.Cl. The van der Waals surface area contributed by atoms with Crippen LogP contribution >= 0.6 is 12.4 Å². The Kier molecular flexibility index (Phi) is 5.67. The minimum absolute atomic E-state index is 0. The van der Waals surface area contributed by atoms with Crippen molar-refractivity contribution in [1.29, 1.82) is 0 Å². The van der Waals surface area contributed by atoms with E-state index in [1.165, 1.54) is 11.1 Å². The highest BCUT2D eigenvalue weighted by atomic mass is 35.5. The van der Waals surface area contributed by atoms with E-state index in [1.807, 2.05) is 49.5 Å². The summed E-state index contributed by atoms with van der Waals surface area (Å²) in [5.74, 6) is 0.948. The number of ether oxygens (including phenoxy) is 1. The maximum Gasteiger partial charge on any atom is 0.122 e. The van der Waals surface area contributed by atoms with Gasteiger partial charge in [-0.3, -0.25) is 4.68 Å². The smallest absolute Gasteiger partial charge is 0.122 e. The first-order valence-electron chi connectivity index (χ1n) is 7.76. The molecule has 5 nitrogen and oxygen atoms in total. The number of benzene rings is 1. The average molecular weight is 347 g/mol. The summed E-state index contributed by atoms with van der Waals surface area (Å²) in [4.78, 5) is 4.28. The lowest BCUT2D eigenvalue weighted by molar-refractivity contribution is 0.297. The molecule has 0 atom stereocenters. The molecule has 0 N–H and O–H groups in total. The Hall–Kier alpha value is -2.27. The van der Waals surface area contributed by atoms with E-state index in [2.05, 4.69) is 34.6 Å². The summed E-state index contributed by atoms with van der Waals surface area (Å²) in [5.41, 5.74) is 5.62. The first-order chi connectivity index (χ1) is 11.1. The van der Waals surface area contributed by atoms with Gasteiger partial charge in [0, 0.05) is 18.8 Å². The van der Waals surface area contributed by atoms with Gasteiger partial charge in [-0.1, -0.05) is 12.1 Å². The van der Waals surface area contributed by atoms with Crippen molar-refractivity contribution in [2.45, 2.75) is 27.3 Å². The van der Waals surface area contributed by atoms with E-state index in [0.717, 1.165) is 29.2 Å². The van der Waals surface area contributed by atoms with Crippen LogP contribution in [0.4, 0.5) is 0 Å². The Morgan fingerprint density at radius 3 is 2.67 bits per heavy atom. The zero-order chi connectivity index (χ0) is 16.4. The number of aryl methyl sites for hydroxylation is 3. The van der Waals surface area contributed by atoms with Gasteiger partial charge >= 0.3 is 0 Å². The molecule has 0 aliphatic heterocycles. The number of halogens is 1. The molecule has 1 aromatic carbocycles. The summed E-state index contributed by atoms with van der Waals surface area (Å²) >= 11 is 0. The quantitative estimate of drug-likeness (QED) is 0.707. The van der Waals surface area contributed by atoms with Gasteiger partial charge in [-0.2, -0.15) is 5.10 Å². The summed E-state index contributed by atoms with van der Waals surface area (Å²) in [6.45, 7) is 7.55. The molecule has 0 spiro atoms. The molecule has 24 heavy (non-hydrogen) atoms. The molecule has 3 aromatic rings. The van der Waals surface area contributed by atoms with Crippen molar-refractivity contribution in [2.75, 3.05) is 6.61 Å². The van der Waals surface area contributed by atoms with Crippen molar-refractivity contribution in [3.8, 4) is 17.0 Å². The summed E-state index contributed by atoms with van der Waals surface area (Å²) < 4.78 is 9.88. The van der Waals surface area contributed by atoms with Crippen molar-refractivity contribution in [3.05, 3.63) is 53.7 Å². The van der Waals surface area contributed by atoms with Gasteiger partial charge in [0.05, 0.1) is 30.5 Å². The molecule has 128 valence electrons. The molecular formula is C18H23ClN4O. The third-order valence-electron chi connectivity index (χ3n) is 4.15. The zero-order valence-electron chi connectivity index (χ0n) is 14.5. The van der Waals surface area contributed by atoms with Crippen LogP contribution in [0.25, 0.3) is 11.3 Å². The van der Waals surface area contributed by atoms with Crippen LogP contribution in [-0.4, -0.2) is 25.9 Å². The van der Waals surface area contributed by atoms with Crippen molar-refractivity contribution in [2.24, 2.45) is 7.05 Å². The predicted octanol–water partition coefficient (Wildman–Crippen LogP) is 3.71. The average Bonchev–Trinajstić information content (AvgIpc) is 3.09. The highest BCUT2D eigenvalue weighted by Gasteiger charge is 2.11. The van der Waals surface area contributed by atoms with E-state index in [4.69, 9.17) is 4.74 Å². The van der Waals surface area contributed by atoms with Crippen molar-refractivity contribution in [1.82, 2.24) is 19.3 Å². The Morgan fingerprint density at radius 2 is 1.96 bits per heavy atom. The fourth-order valence-corrected chi connectivity index (χ4v) is 2.71. The van der Waals surface area contributed by atoms with Crippen LogP contribution < -0.4 is 4.74 Å². The second kappa shape index (κ2) is 7.53. The maximum atomic E-state index is 5.95. The van der Waals surface area contributed by atoms with Crippen LogP contribution in [0.3, 0.4) is 0 Å². The zero-order valence-corrected chi connectivity index (χ0v) is 15.3. The molecule has 0 bridgehead atoms. The molecule has 0 aliphatic carbocycles. The Morgan fingerprint density at radius 1 is 1.17 bits per heavy atom. The van der Waals surface area contributed by atoms with E-state index in [1.54, 1.807) is 0 Å². The monoisotopic (exact) mass is 346 g/mol. The molecule has 0 fully saturated rings. The lowest BCUT2D eigenvalue weighted by atomic mass is 10.1. The Labute approximate surface area is 148 Å². The molecule has 0 amide bonds. The topological polar surface area (TPSA) is 44.9 Å². The minimum atomic E-state index is 0. The molecule has 0 saturated heterocycles. The molecule has 0 saturated carbocycles. The lowest BCUT2D eigenvalue weighted by Gasteiger charge is -2.12. The van der Waals surface area contributed by atoms with Crippen LogP contribution in [0.1, 0.15) is 16.8 Å². The van der Waals surface area contributed by atoms with Crippen LogP contribution in [0.15, 0.2) is 36.9 Å². The van der Waals surface area contributed by atoms with Crippen LogP contribution in [0.5, 0.6) is 5.75 Å². The van der Waals surface area contributed by atoms with E-state index >= 15 is 0 Å². The first kappa shape index (κ1) is 18.1. The van der Waals surface area contributed by atoms with Gasteiger partial charge in [-0.15, -0.1) is 12.4 Å². The van der Waals surface area contributed by atoms with Gasteiger partial charge in [0.2, 0.25) is 0 Å². The lowest BCUT2D eigenvalue weighted by Crippen LogP contribution is -2.09. The van der Waals surface area contributed by atoms with Crippen LogP contribution in [0, 0.1) is 20.8 Å². The third-order valence-corrected chi connectivity index (χ3v) is 4.15. The van der Waals surface area contributed by atoms with Gasteiger partial charge in [0.1, 0.15) is 12.4 Å². The van der Waals surface area contributed by atoms with Crippen molar-refractivity contribution >= 4 is 12.4 Å². The summed E-state index contributed by atoms with van der Waals surface area (Å²) in [5, 5.41) is 4.40. The molecule has 2 heterocycles. The third kappa shape index (κ3) is 3.62. The van der Waals surface area contributed by atoms with E-state index in [0.29, 0.717) is 6.61 Å². The van der Waals surface area contributed by atoms with Gasteiger partial charge < -0.3 is 9.30 Å². The summed E-state index contributed by atoms with van der Waals surface area (Å²) in [7, 11) is 1.93. The molecule has 0 radical (unpaired) electrons. The van der Waals surface area contributed by atoms with Gasteiger partial charge in [-0.25, -0.2) is 4.98 Å². The highest BCUT2D eigenvalue weighted by Crippen LogP contribution is 2.23. The fraction of sp³-hybridized carbons (Fsp3) is 0.333. The second-order valence-corrected chi connectivity index (χ2v) is 5.82. The Balaban J connectivity index is 0.00000208. The van der Waals surface area contributed by atoms with Crippen LogP contribution in [-0.2, 0) is 13.6 Å². The largest absolute Gasteiger partial charge is 0.491 e. The molecule has 2 aromatic heterocycles. The van der Waals surface area contributed by atoms with E-state index < -0.39 is 0 Å². The molecule has 0 aliphatic rings. The van der Waals surface area contributed by atoms with E-state index in [9.17, 15) is 0 Å². The molecular weight excluding hydrogens is 324 g/mol. The highest BCUT2D eigenvalue weighted by molar-refractivity contribution is 5.85. The van der Waals surface area contributed by atoms with Gasteiger partial charge in [0.15, 0.2) is 0 Å². The number of imidazole rings is 1. The van der Waals surface area contributed by atoms with E-state index in [-0.39, 0.29) is 12.4 Å². The van der Waals surface area contributed by atoms with Gasteiger partial charge in [0.25, 0.3) is 0 Å². The maximum absolute atomic E-state index is 5.95. The second-order valence-electron chi connectivity index (χ2n) is 5.82. The number of nitrogens with zero attached hydrogens (tertiary/aromatic N) is 4. The number of hydrogen-bond acceptors (Lipinski definition) is 3. The molecule has 3 rings (SSSR count). The van der Waals surface area contributed by atoms with Crippen LogP contribution in [0.2, 0.25) is 0 Å². The number of aromatic nitrogens is 4. The standard InChI is InChI=1S/C18H22N4O.ClH/c1-13-6-5-7-18(14(13)2)23-9-8-22-12-19-10-17(22)16-11-21(4)20-15(16)3;/h5-7,10-12H,8-9H2,1-4H3;1H. The van der Waals surface area contributed by atoms with Gasteiger partial charge in [-0.05, 0) is 38.0 Å². The fourth-order valence-electron chi connectivity index (χ4n) is 2.71. The summed E-state index contributed by atoms with van der Waals surface area (Å²) in [6, 6.07) is 6.14. The minimum Gasteiger partial charge on any atom is -0.491 e. The molecule has 6 heteroatoms. The number of rotatable bonds is 5. The normalized spacial score (nSPS) is 10.5. The number of hydrogen-bond donors (Lipinski definition) is 0. The summed E-state index contributed by atoms with van der Waals surface area (Å²) in [6.07, 6.45) is 5.74. The first-order valence-corrected chi connectivity index (χ1v) is 7.76.